The van der Waals surface area contributed by atoms with E-state index in [9.17, 15) is 0 Å². The first-order valence-corrected chi connectivity index (χ1v) is 6.15. The van der Waals surface area contributed by atoms with Crippen LogP contribution >= 0.6 is 0 Å². The van der Waals surface area contributed by atoms with Crippen molar-refractivity contribution in [3.05, 3.63) is 47.5 Å². The maximum Gasteiger partial charge on any atom is 0.0350 e. The van der Waals surface area contributed by atoms with E-state index in [2.05, 4.69) is 64.1 Å². The Morgan fingerprint density at radius 1 is 0.941 bits per heavy atom. The summed E-state index contributed by atoms with van der Waals surface area (Å²) in [7, 11) is 0. The molecule has 17 heavy (non-hydrogen) atoms. The molecule has 0 bridgehead atoms. The fourth-order valence-electron chi connectivity index (χ4n) is 2.21. The van der Waals surface area contributed by atoms with E-state index in [-0.39, 0.29) is 11.5 Å². The largest absolute Gasteiger partial charge is 0.323 e. The molecule has 0 unspecified atom stereocenters. The fraction of sp³-hybridized carbons (Fsp3) is 0.375. The Balaban J connectivity index is 2.67. The molecule has 2 aromatic rings. The highest BCUT2D eigenvalue weighted by atomic mass is 14.7. The lowest BCUT2D eigenvalue weighted by atomic mass is 9.81. The van der Waals surface area contributed by atoms with E-state index < -0.39 is 0 Å². The van der Waals surface area contributed by atoms with Crippen LogP contribution in [-0.4, -0.2) is 0 Å². The number of rotatable bonds is 1. The molecular weight excluding hydrogens is 206 g/mol. The van der Waals surface area contributed by atoms with Gasteiger partial charge in [0.25, 0.3) is 0 Å². The second-order valence-electron chi connectivity index (χ2n) is 5.86. The normalized spacial score (nSPS) is 13.9. The van der Waals surface area contributed by atoms with E-state index in [0.717, 1.165) is 0 Å². The molecule has 90 valence electrons. The molecule has 2 N–H and O–H groups in total. The quantitative estimate of drug-likeness (QED) is 0.776. The smallest absolute Gasteiger partial charge is 0.0350 e. The van der Waals surface area contributed by atoms with Gasteiger partial charge in [0.15, 0.2) is 0 Å². The summed E-state index contributed by atoms with van der Waals surface area (Å²) in [5, 5.41) is 2.60. The second-order valence-corrected chi connectivity index (χ2v) is 5.86. The minimum atomic E-state index is 0.0630. The lowest BCUT2D eigenvalue weighted by molar-refractivity contribution is 0.328. The lowest BCUT2D eigenvalue weighted by Crippen LogP contribution is -2.26. The molecule has 0 fully saturated rings. The van der Waals surface area contributed by atoms with Crippen LogP contribution in [-0.2, 0) is 0 Å². The SMILES string of the molecule is Cc1ccc([C@H](N)C(C)(C)C)c2ccccc12. The number of aryl methyl sites for hydroxylation is 1. The average Bonchev–Trinajstić information content (AvgIpc) is 2.28. The van der Waals surface area contributed by atoms with E-state index in [1.54, 1.807) is 0 Å². The van der Waals surface area contributed by atoms with Crippen molar-refractivity contribution in [1.29, 1.82) is 0 Å². The Labute approximate surface area is 104 Å². The molecule has 2 rings (SSSR count). The van der Waals surface area contributed by atoms with Gasteiger partial charge in [-0.1, -0.05) is 57.2 Å². The second kappa shape index (κ2) is 4.15. The van der Waals surface area contributed by atoms with Gasteiger partial charge in [0.2, 0.25) is 0 Å². The van der Waals surface area contributed by atoms with Crippen molar-refractivity contribution in [2.75, 3.05) is 0 Å². The van der Waals surface area contributed by atoms with E-state index >= 15 is 0 Å². The van der Waals surface area contributed by atoms with Crippen molar-refractivity contribution < 1.29 is 0 Å². The zero-order valence-electron chi connectivity index (χ0n) is 11.1. The van der Waals surface area contributed by atoms with Gasteiger partial charge in [-0.15, -0.1) is 0 Å². The zero-order chi connectivity index (χ0) is 12.6. The summed E-state index contributed by atoms with van der Waals surface area (Å²) < 4.78 is 0. The van der Waals surface area contributed by atoms with Crippen LogP contribution in [0.4, 0.5) is 0 Å². The Morgan fingerprint density at radius 3 is 2.12 bits per heavy atom. The van der Waals surface area contributed by atoms with Crippen LogP contribution in [0, 0.1) is 12.3 Å². The summed E-state index contributed by atoms with van der Waals surface area (Å²) in [6.07, 6.45) is 0. The molecule has 0 spiro atoms. The van der Waals surface area contributed by atoms with Gasteiger partial charge in [-0.25, -0.2) is 0 Å². The molecule has 0 saturated heterocycles. The van der Waals surface area contributed by atoms with Crippen molar-refractivity contribution in [1.82, 2.24) is 0 Å². The van der Waals surface area contributed by atoms with Crippen molar-refractivity contribution in [2.45, 2.75) is 33.7 Å². The minimum Gasteiger partial charge on any atom is -0.323 e. The maximum absolute atomic E-state index is 6.39. The molecule has 0 amide bonds. The molecule has 1 nitrogen and oxygen atoms in total. The van der Waals surface area contributed by atoms with Gasteiger partial charge in [0.1, 0.15) is 0 Å². The Kier molecular flexibility index (Phi) is 2.96. The zero-order valence-corrected chi connectivity index (χ0v) is 11.1. The molecule has 0 aliphatic heterocycles. The van der Waals surface area contributed by atoms with Crippen LogP contribution in [0.25, 0.3) is 10.8 Å². The van der Waals surface area contributed by atoms with Crippen LogP contribution in [0.15, 0.2) is 36.4 Å². The minimum absolute atomic E-state index is 0.0630. The van der Waals surface area contributed by atoms with Crippen LogP contribution in [0.5, 0.6) is 0 Å². The summed E-state index contributed by atoms with van der Waals surface area (Å²) in [5.41, 5.74) is 9.03. The number of benzene rings is 2. The first-order chi connectivity index (χ1) is 7.91. The predicted molar refractivity (Wildman–Crippen MR) is 75.1 cm³/mol. The summed E-state index contributed by atoms with van der Waals surface area (Å²) in [6, 6.07) is 12.9. The summed E-state index contributed by atoms with van der Waals surface area (Å²) in [6.45, 7) is 8.71. The molecule has 2 aromatic carbocycles. The van der Waals surface area contributed by atoms with Crippen LogP contribution < -0.4 is 5.73 Å². The standard InChI is InChI=1S/C16H21N/c1-11-9-10-14(15(17)16(2,3)4)13-8-6-5-7-12(11)13/h5-10,15H,17H2,1-4H3/t15-/m0/s1. The van der Waals surface area contributed by atoms with Gasteiger partial charge in [-0.2, -0.15) is 0 Å². The first kappa shape index (κ1) is 12.1. The highest BCUT2D eigenvalue weighted by Crippen LogP contribution is 2.35. The van der Waals surface area contributed by atoms with Gasteiger partial charge in [0.05, 0.1) is 0 Å². The Morgan fingerprint density at radius 2 is 1.53 bits per heavy atom. The Hall–Kier alpha value is -1.34. The molecule has 1 heteroatoms. The van der Waals surface area contributed by atoms with Gasteiger partial charge < -0.3 is 5.73 Å². The fourth-order valence-corrected chi connectivity index (χ4v) is 2.21. The van der Waals surface area contributed by atoms with Crippen molar-refractivity contribution >= 4 is 10.8 Å². The van der Waals surface area contributed by atoms with Crippen LogP contribution in [0.2, 0.25) is 0 Å². The third kappa shape index (κ3) is 2.20. The number of hydrogen-bond acceptors (Lipinski definition) is 1. The highest BCUT2D eigenvalue weighted by molar-refractivity contribution is 5.89. The van der Waals surface area contributed by atoms with Gasteiger partial charge in [-0.3, -0.25) is 0 Å². The van der Waals surface area contributed by atoms with Crippen molar-refractivity contribution in [3.8, 4) is 0 Å². The number of nitrogens with two attached hydrogens (primary N) is 1. The molecule has 0 aliphatic rings. The number of fused-ring (bicyclic) bond motifs is 1. The van der Waals surface area contributed by atoms with E-state index in [1.165, 1.54) is 21.9 Å². The van der Waals surface area contributed by atoms with E-state index in [1.807, 2.05) is 0 Å². The van der Waals surface area contributed by atoms with Crippen molar-refractivity contribution in [3.63, 3.8) is 0 Å². The average molecular weight is 227 g/mol. The lowest BCUT2D eigenvalue weighted by Gasteiger charge is -2.28. The van der Waals surface area contributed by atoms with Crippen LogP contribution in [0.1, 0.15) is 37.9 Å². The maximum atomic E-state index is 6.39. The monoisotopic (exact) mass is 227 g/mol. The van der Waals surface area contributed by atoms with Crippen molar-refractivity contribution in [2.24, 2.45) is 11.1 Å². The molecular formula is C16H21N. The summed E-state index contributed by atoms with van der Waals surface area (Å²) in [5.74, 6) is 0. The molecule has 0 saturated carbocycles. The van der Waals surface area contributed by atoms with Gasteiger partial charge in [-0.05, 0) is 34.2 Å². The molecule has 0 aliphatic carbocycles. The van der Waals surface area contributed by atoms with Gasteiger partial charge >= 0.3 is 0 Å². The Bertz CT molecular complexity index is 535. The third-order valence-corrected chi connectivity index (χ3v) is 3.44. The van der Waals surface area contributed by atoms with E-state index in [4.69, 9.17) is 5.73 Å². The molecule has 0 radical (unpaired) electrons. The third-order valence-electron chi connectivity index (χ3n) is 3.44. The number of hydrogen-bond donors (Lipinski definition) is 1. The topological polar surface area (TPSA) is 26.0 Å². The molecule has 0 heterocycles. The molecule has 1 atom stereocenters. The molecule has 0 aromatic heterocycles. The van der Waals surface area contributed by atoms with E-state index in [0.29, 0.717) is 0 Å². The van der Waals surface area contributed by atoms with Gasteiger partial charge in [0, 0.05) is 6.04 Å². The first-order valence-electron chi connectivity index (χ1n) is 6.15. The van der Waals surface area contributed by atoms with Crippen LogP contribution in [0.3, 0.4) is 0 Å². The summed E-state index contributed by atoms with van der Waals surface area (Å²) >= 11 is 0. The predicted octanol–water partition coefficient (Wildman–Crippen LogP) is 4.19. The highest BCUT2D eigenvalue weighted by Gasteiger charge is 2.23. The summed E-state index contributed by atoms with van der Waals surface area (Å²) in [4.78, 5) is 0.